The molecular weight excluding hydrogens is 448 g/mol. The van der Waals surface area contributed by atoms with E-state index in [0.29, 0.717) is 12.8 Å². The summed E-state index contributed by atoms with van der Waals surface area (Å²) in [5.41, 5.74) is 2.29. The standard InChI is InChI=1S/C20H20ClF6N3O/c1-9(13-7-4-11(8-14(13)21)20(25,26)27)10(2)30(12-5-6-12)19(31)15(18(24)29-3)16(28)17(22)23/h4,7-8,10,12,17H,1,5-6,28H2,2-3H3. The Morgan fingerprint density at radius 2 is 1.90 bits per heavy atom. The number of hydrogen-bond acceptors (Lipinski definition) is 3. The van der Waals surface area contributed by atoms with Gasteiger partial charge in [-0.15, -0.1) is 0 Å². The molecule has 2 N–H and O–H groups in total. The summed E-state index contributed by atoms with van der Waals surface area (Å²) in [5.74, 6) is -2.56. The van der Waals surface area contributed by atoms with Gasteiger partial charge in [-0.1, -0.05) is 24.2 Å². The number of halogens is 7. The quantitative estimate of drug-likeness (QED) is 0.339. The second-order valence-corrected chi connectivity index (χ2v) is 7.39. The van der Waals surface area contributed by atoms with E-state index in [2.05, 4.69) is 11.6 Å². The lowest BCUT2D eigenvalue weighted by atomic mass is 9.97. The predicted molar refractivity (Wildman–Crippen MR) is 107 cm³/mol. The van der Waals surface area contributed by atoms with Crippen LogP contribution in [0.15, 0.2) is 41.0 Å². The van der Waals surface area contributed by atoms with Crippen LogP contribution in [-0.2, 0) is 11.0 Å². The van der Waals surface area contributed by atoms with Crippen LogP contribution in [0.4, 0.5) is 26.3 Å². The van der Waals surface area contributed by atoms with Gasteiger partial charge in [-0.3, -0.25) is 9.79 Å². The first-order chi connectivity index (χ1) is 14.3. The van der Waals surface area contributed by atoms with Crippen LogP contribution in [0.5, 0.6) is 0 Å². The summed E-state index contributed by atoms with van der Waals surface area (Å²) in [6.07, 6.45) is -6.85. The zero-order valence-corrected chi connectivity index (χ0v) is 17.4. The second kappa shape index (κ2) is 9.33. The van der Waals surface area contributed by atoms with Crippen molar-refractivity contribution in [2.24, 2.45) is 10.7 Å². The number of allylic oxidation sites excluding steroid dienone is 1. The summed E-state index contributed by atoms with van der Waals surface area (Å²) in [6, 6.07) is 1.34. The molecule has 1 aliphatic rings. The highest BCUT2D eigenvalue weighted by molar-refractivity contribution is 6.32. The van der Waals surface area contributed by atoms with E-state index in [1.165, 1.54) is 6.92 Å². The third kappa shape index (κ3) is 5.41. The summed E-state index contributed by atoms with van der Waals surface area (Å²) in [7, 11) is 0.979. The molecule has 0 saturated heterocycles. The first-order valence-corrected chi connectivity index (χ1v) is 9.48. The first-order valence-electron chi connectivity index (χ1n) is 9.10. The predicted octanol–water partition coefficient (Wildman–Crippen LogP) is 5.23. The van der Waals surface area contributed by atoms with Crippen molar-refractivity contribution in [1.82, 2.24) is 4.90 Å². The van der Waals surface area contributed by atoms with Crippen molar-refractivity contribution in [3.63, 3.8) is 0 Å². The molecule has 2 rings (SSSR count). The number of benzene rings is 1. The number of nitrogens with zero attached hydrogens (tertiary/aromatic N) is 2. The largest absolute Gasteiger partial charge is 0.416 e. The van der Waals surface area contributed by atoms with Crippen LogP contribution in [0.1, 0.15) is 30.9 Å². The van der Waals surface area contributed by atoms with Crippen LogP contribution in [0.25, 0.3) is 5.57 Å². The van der Waals surface area contributed by atoms with E-state index >= 15 is 0 Å². The first kappa shape index (κ1) is 24.8. The number of carbonyl (C=O) groups is 1. The van der Waals surface area contributed by atoms with Gasteiger partial charge in [0.15, 0.2) is 0 Å². The Hall–Kier alpha value is -2.49. The maximum absolute atomic E-state index is 14.2. The average molecular weight is 468 g/mol. The van der Waals surface area contributed by atoms with E-state index in [4.69, 9.17) is 17.3 Å². The molecule has 1 aliphatic carbocycles. The highest BCUT2D eigenvalue weighted by Gasteiger charge is 2.41. The van der Waals surface area contributed by atoms with Gasteiger partial charge in [-0.25, -0.2) is 8.78 Å². The molecule has 0 heterocycles. The van der Waals surface area contributed by atoms with Crippen LogP contribution < -0.4 is 5.73 Å². The van der Waals surface area contributed by atoms with Gasteiger partial charge in [-0.2, -0.15) is 17.6 Å². The van der Waals surface area contributed by atoms with Gasteiger partial charge >= 0.3 is 6.18 Å². The number of rotatable bonds is 7. The summed E-state index contributed by atoms with van der Waals surface area (Å²) in [6.45, 7) is 5.31. The van der Waals surface area contributed by atoms with Crippen molar-refractivity contribution < 1.29 is 31.1 Å². The van der Waals surface area contributed by atoms with E-state index in [9.17, 15) is 31.1 Å². The van der Waals surface area contributed by atoms with Gasteiger partial charge < -0.3 is 10.6 Å². The Bertz CT molecular complexity index is 937. The number of amides is 1. The number of nitrogens with two attached hydrogens (primary N) is 1. The zero-order chi connectivity index (χ0) is 23.7. The lowest BCUT2D eigenvalue weighted by Crippen LogP contribution is -2.43. The minimum Gasteiger partial charge on any atom is -0.397 e. The zero-order valence-electron chi connectivity index (χ0n) is 16.6. The van der Waals surface area contributed by atoms with Crippen molar-refractivity contribution in [2.45, 2.75) is 44.5 Å². The fourth-order valence-electron chi connectivity index (χ4n) is 3.04. The molecule has 0 aliphatic heterocycles. The highest BCUT2D eigenvalue weighted by atomic mass is 35.5. The van der Waals surface area contributed by atoms with E-state index in [1.54, 1.807) is 0 Å². The molecule has 0 spiro atoms. The molecule has 1 aromatic rings. The smallest absolute Gasteiger partial charge is 0.397 e. The van der Waals surface area contributed by atoms with Gasteiger partial charge in [0.05, 0.1) is 17.3 Å². The van der Waals surface area contributed by atoms with Gasteiger partial charge in [0.25, 0.3) is 12.3 Å². The Morgan fingerprint density at radius 1 is 1.32 bits per heavy atom. The molecule has 0 bridgehead atoms. The molecule has 1 atom stereocenters. The molecule has 1 aromatic carbocycles. The molecule has 1 saturated carbocycles. The monoisotopic (exact) mass is 467 g/mol. The van der Waals surface area contributed by atoms with Crippen molar-refractivity contribution >= 4 is 29.0 Å². The Morgan fingerprint density at radius 3 is 2.32 bits per heavy atom. The minimum atomic E-state index is -4.60. The minimum absolute atomic E-state index is 0.137. The lowest BCUT2D eigenvalue weighted by molar-refractivity contribution is -0.137. The maximum Gasteiger partial charge on any atom is 0.416 e. The van der Waals surface area contributed by atoms with Crippen LogP contribution in [0, 0.1) is 0 Å². The van der Waals surface area contributed by atoms with E-state index in [0.717, 1.165) is 30.1 Å². The molecule has 0 aromatic heterocycles. The molecule has 1 fully saturated rings. The molecule has 11 heteroatoms. The van der Waals surface area contributed by atoms with Crippen molar-refractivity contribution in [3.8, 4) is 0 Å². The maximum atomic E-state index is 14.2. The molecule has 170 valence electrons. The van der Waals surface area contributed by atoms with Crippen LogP contribution in [0.3, 0.4) is 0 Å². The summed E-state index contributed by atoms with van der Waals surface area (Å²) >= 11 is 6.01. The third-order valence-electron chi connectivity index (χ3n) is 4.88. The van der Waals surface area contributed by atoms with Gasteiger partial charge in [0.2, 0.25) is 5.97 Å². The van der Waals surface area contributed by atoms with Crippen LogP contribution >= 0.6 is 11.6 Å². The normalized spacial score (nSPS) is 16.8. The molecule has 1 amide bonds. The van der Waals surface area contributed by atoms with Crippen molar-refractivity contribution in [3.05, 3.63) is 52.2 Å². The van der Waals surface area contributed by atoms with Gasteiger partial charge in [0.1, 0.15) is 5.57 Å². The molecular formula is C20H20ClF6N3O. The molecule has 0 radical (unpaired) electrons. The Kier molecular flexibility index (Phi) is 7.46. The Balaban J connectivity index is 2.45. The second-order valence-electron chi connectivity index (χ2n) is 6.98. The summed E-state index contributed by atoms with van der Waals surface area (Å²) in [5, 5.41) is -0.251. The van der Waals surface area contributed by atoms with Crippen molar-refractivity contribution in [2.75, 3.05) is 7.05 Å². The third-order valence-corrected chi connectivity index (χ3v) is 5.19. The molecule has 31 heavy (non-hydrogen) atoms. The van der Waals surface area contributed by atoms with E-state index < -0.39 is 53.4 Å². The van der Waals surface area contributed by atoms with Gasteiger partial charge in [-0.05, 0) is 43.0 Å². The number of alkyl halides is 5. The molecule has 1 unspecified atom stereocenters. The van der Waals surface area contributed by atoms with E-state index in [1.807, 2.05) is 0 Å². The van der Waals surface area contributed by atoms with Crippen molar-refractivity contribution in [1.29, 1.82) is 0 Å². The SMILES string of the molecule is C=C(c1ccc(C(F)(F)F)cc1Cl)C(C)N(C(=O)C(C(F)=NC)=C(N)C(F)F)C1CC1. The van der Waals surface area contributed by atoms with E-state index in [-0.39, 0.29) is 16.2 Å². The number of aliphatic imine (C=N–C) groups is 1. The number of carbonyl (C=O) groups excluding carboxylic acids is 1. The topological polar surface area (TPSA) is 58.7 Å². The fraction of sp³-hybridized carbons (Fsp3) is 0.400. The van der Waals surface area contributed by atoms with Gasteiger partial charge in [0, 0.05) is 18.1 Å². The fourth-order valence-corrected chi connectivity index (χ4v) is 3.34. The highest BCUT2D eigenvalue weighted by Crippen LogP contribution is 2.38. The van der Waals surface area contributed by atoms with Crippen LogP contribution in [-0.4, -0.2) is 42.3 Å². The lowest BCUT2D eigenvalue weighted by Gasteiger charge is -2.32. The summed E-state index contributed by atoms with van der Waals surface area (Å²) in [4.78, 5) is 17.3. The van der Waals surface area contributed by atoms with Crippen LogP contribution in [0.2, 0.25) is 5.02 Å². The summed E-state index contributed by atoms with van der Waals surface area (Å²) < 4.78 is 79.1. The Labute approximate surface area is 180 Å². The average Bonchev–Trinajstić information content (AvgIpc) is 3.51. The molecule has 4 nitrogen and oxygen atoms in total. The number of hydrogen-bond donors (Lipinski definition) is 1.